The van der Waals surface area contributed by atoms with Crippen molar-refractivity contribution >= 4 is 29.5 Å². The van der Waals surface area contributed by atoms with Crippen LogP contribution < -0.4 is 5.32 Å². The SMILES string of the molecule is CCOC(=O)[C@H]1[C@H]2C(=O)N([C@@H](CO)[C@@H](C)CC)C(C(=O)NC(C)C)C23CC[C@]1(C)S3. The molecule has 7 atom stereocenters. The molecule has 0 saturated carbocycles. The molecule has 3 saturated heterocycles. The minimum Gasteiger partial charge on any atom is -0.466 e. The van der Waals surface area contributed by atoms with Gasteiger partial charge in [0.25, 0.3) is 0 Å². The lowest BCUT2D eigenvalue weighted by atomic mass is 9.66. The number of esters is 1. The van der Waals surface area contributed by atoms with Crippen LogP contribution in [0, 0.1) is 17.8 Å². The van der Waals surface area contributed by atoms with Crippen molar-refractivity contribution in [3.63, 3.8) is 0 Å². The summed E-state index contributed by atoms with van der Waals surface area (Å²) in [7, 11) is 0. The fourth-order valence-electron chi connectivity index (χ4n) is 5.79. The Labute approximate surface area is 183 Å². The molecule has 3 aliphatic rings. The molecule has 7 nitrogen and oxygen atoms in total. The summed E-state index contributed by atoms with van der Waals surface area (Å²) in [6.45, 7) is 11.6. The smallest absolute Gasteiger partial charge is 0.311 e. The number of hydrogen-bond acceptors (Lipinski definition) is 6. The van der Waals surface area contributed by atoms with Crippen molar-refractivity contribution in [2.75, 3.05) is 13.2 Å². The molecule has 8 heteroatoms. The molecule has 170 valence electrons. The summed E-state index contributed by atoms with van der Waals surface area (Å²) in [5.41, 5.74) is 0. The molecular weight excluding hydrogens is 404 g/mol. The average molecular weight is 441 g/mol. The number of thioether (sulfide) groups is 1. The van der Waals surface area contributed by atoms with Gasteiger partial charge in [-0.25, -0.2) is 0 Å². The predicted molar refractivity (Wildman–Crippen MR) is 116 cm³/mol. The first-order valence-electron chi connectivity index (χ1n) is 11.2. The minimum atomic E-state index is -0.699. The van der Waals surface area contributed by atoms with Gasteiger partial charge in [-0.1, -0.05) is 20.3 Å². The second kappa shape index (κ2) is 8.34. The van der Waals surface area contributed by atoms with E-state index < -0.39 is 33.4 Å². The Morgan fingerprint density at radius 2 is 1.97 bits per heavy atom. The Kier molecular flexibility index (Phi) is 6.50. The minimum absolute atomic E-state index is 0.0300. The molecule has 30 heavy (non-hydrogen) atoms. The van der Waals surface area contributed by atoms with Crippen LogP contribution in [0.5, 0.6) is 0 Å². The summed E-state index contributed by atoms with van der Waals surface area (Å²) in [6.07, 6.45) is 2.24. The van der Waals surface area contributed by atoms with Gasteiger partial charge in [0, 0.05) is 10.8 Å². The summed E-state index contributed by atoms with van der Waals surface area (Å²) < 4.78 is 4.29. The van der Waals surface area contributed by atoms with Crippen LogP contribution in [0.3, 0.4) is 0 Å². The van der Waals surface area contributed by atoms with Gasteiger partial charge in [0.1, 0.15) is 6.04 Å². The van der Waals surface area contributed by atoms with Crippen molar-refractivity contribution in [3.8, 4) is 0 Å². The zero-order chi connectivity index (χ0) is 22.4. The highest BCUT2D eigenvalue weighted by molar-refractivity contribution is 8.02. The van der Waals surface area contributed by atoms with Crippen molar-refractivity contribution in [1.29, 1.82) is 0 Å². The number of aliphatic hydroxyl groups excluding tert-OH is 1. The standard InChI is InChI=1S/C22H36N2O5S/c1-7-13(5)14(11-25)24-17(18(26)23-12(3)4)22-10-9-21(6,30-22)16(15(22)19(24)27)20(28)29-8-2/h12-17,25H,7-11H2,1-6H3,(H,23,26)/t13-,14-,15-,16+,17?,21-,22?/m0/s1. The lowest BCUT2D eigenvalue weighted by Crippen LogP contribution is -2.58. The molecule has 3 rings (SSSR count). The molecule has 2 unspecified atom stereocenters. The maximum absolute atomic E-state index is 13.9. The van der Waals surface area contributed by atoms with Gasteiger partial charge in [0.15, 0.2) is 0 Å². The molecule has 0 radical (unpaired) electrons. The quantitative estimate of drug-likeness (QED) is 0.560. The van der Waals surface area contributed by atoms with E-state index in [9.17, 15) is 19.5 Å². The number of nitrogens with one attached hydrogen (secondary N) is 1. The van der Waals surface area contributed by atoms with Gasteiger partial charge in [-0.15, -0.1) is 11.8 Å². The Morgan fingerprint density at radius 1 is 1.30 bits per heavy atom. The second-order valence-corrected chi connectivity index (χ2v) is 11.4. The first-order valence-corrected chi connectivity index (χ1v) is 12.0. The highest BCUT2D eigenvalue weighted by atomic mass is 32.2. The maximum atomic E-state index is 13.9. The highest BCUT2D eigenvalue weighted by Crippen LogP contribution is 2.71. The number of hydrogen-bond donors (Lipinski definition) is 2. The van der Waals surface area contributed by atoms with Crippen LogP contribution in [0.4, 0.5) is 0 Å². The molecule has 2 N–H and O–H groups in total. The van der Waals surface area contributed by atoms with Crippen LogP contribution in [0.15, 0.2) is 0 Å². The molecule has 1 spiro atoms. The Balaban J connectivity index is 2.11. The van der Waals surface area contributed by atoms with E-state index in [0.29, 0.717) is 6.42 Å². The van der Waals surface area contributed by atoms with Crippen molar-refractivity contribution in [2.45, 2.75) is 88.4 Å². The molecule has 0 aromatic carbocycles. The van der Waals surface area contributed by atoms with Crippen molar-refractivity contribution in [2.24, 2.45) is 17.8 Å². The van der Waals surface area contributed by atoms with Crippen LogP contribution in [-0.4, -0.2) is 68.6 Å². The first-order chi connectivity index (χ1) is 14.1. The van der Waals surface area contributed by atoms with Crippen LogP contribution in [0.25, 0.3) is 0 Å². The van der Waals surface area contributed by atoms with E-state index in [1.807, 2.05) is 34.6 Å². The molecule has 0 aliphatic carbocycles. The van der Waals surface area contributed by atoms with E-state index in [1.54, 1.807) is 23.6 Å². The van der Waals surface area contributed by atoms with Gasteiger partial charge < -0.3 is 20.1 Å². The summed E-state index contributed by atoms with van der Waals surface area (Å²) in [4.78, 5) is 41.9. The van der Waals surface area contributed by atoms with E-state index in [1.165, 1.54) is 0 Å². The normalized spacial score (nSPS) is 36.7. The van der Waals surface area contributed by atoms with Crippen LogP contribution in [-0.2, 0) is 19.1 Å². The lowest BCUT2D eigenvalue weighted by Gasteiger charge is -2.39. The zero-order valence-corrected chi connectivity index (χ0v) is 19.8. The van der Waals surface area contributed by atoms with Crippen LogP contribution in [0.2, 0.25) is 0 Å². The van der Waals surface area contributed by atoms with Gasteiger partial charge in [0.2, 0.25) is 11.8 Å². The van der Waals surface area contributed by atoms with E-state index in [-0.39, 0.29) is 43.0 Å². The predicted octanol–water partition coefficient (Wildman–Crippen LogP) is 1.96. The van der Waals surface area contributed by atoms with Crippen molar-refractivity contribution in [3.05, 3.63) is 0 Å². The molecule has 3 heterocycles. The number of aliphatic hydroxyl groups is 1. The van der Waals surface area contributed by atoms with E-state index >= 15 is 0 Å². The van der Waals surface area contributed by atoms with Gasteiger partial charge in [-0.3, -0.25) is 14.4 Å². The summed E-state index contributed by atoms with van der Waals surface area (Å²) in [6, 6.07) is -1.23. The van der Waals surface area contributed by atoms with Gasteiger partial charge in [-0.2, -0.15) is 0 Å². The number of likely N-dealkylation sites (tertiary alicyclic amines) is 1. The van der Waals surface area contributed by atoms with Crippen LogP contribution in [0.1, 0.15) is 60.8 Å². The fourth-order valence-corrected chi connectivity index (χ4v) is 8.12. The Bertz CT molecular complexity index is 716. The van der Waals surface area contributed by atoms with E-state index in [2.05, 4.69) is 5.32 Å². The third kappa shape index (κ3) is 3.34. The highest BCUT2D eigenvalue weighted by Gasteiger charge is 2.78. The largest absolute Gasteiger partial charge is 0.466 e. The Hall–Kier alpha value is -1.28. The number of carbonyl (C=O) groups excluding carboxylic acids is 3. The molecule has 0 aromatic heterocycles. The molecule has 2 amide bonds. The number of rotatable bonds is 8. The number of fused-ring (bicyclic) bond motifs is 1. The van der Waals surface area contributed by atoms with Gasteiger partial charge in [-0.05, 0) is 46.5 Å². The topological polar surface area (TPSA) is 95.9 Å². The second-order valence-electron chi connectivity index (χ2n) is 9.52. The summed E-state index contributed by atoms with van der Waals surface area (Å²) >= 11 is 1.63. The summed E-state index contributed by atoms with van der Waals surface area (Å²) in [5.74, 6) is -1.86. The van der Waals surface area contributed by atoms with Crippen molar-refractivity contribution in [1.82, 2.24) is 10.2 Å². The van der Waals surface area contributed by atoms with E-state index in [0.717, 1.165) is 12.8 Å². The Morgan fingerprint density at radius 3 is 2.50 bits per heavy atom. The van der Waals surface area contributed by atoms with Gasteiger partial charge >= 0.3 is 5.97 Å². The molecule has 3 fully saturated rings. The summed E-state index contributed by atoms with van der Waals surface area (Å²) in [5, 5.41) is 13.2. The number of carbonyl (C=O) groups is 3. The lowest BCUT2D eigenvalue weighted by molar-refractivity contribution is -0.155. The van der Waals surface area contributed by atoms with Gasteiger partial charge in [0.05, 0.1) is 35.8 Å². The first kappa shape index (κ1) is 23.4. The molecular formula is C22H36N2O5S. The maximum Gasteiger partial charge on any atom is 0.311 e. The average Bonchev–Trinajstić information content (AvgIpc) is 3.23. The third-order valence-electron chi connectivity index (χ3n) is 7.28. The number of nitrogens with zero attached hydrogens (tertiary/aromatic N) is 1. The van der Waals surface area contributed by atoms with E-state index in [4.69, 9.17) is 4.74 Å². The number of ether oxygens (including phenoxy) is 1. The molecule has 3 aliphatic heterocycles. The zero-order valence-electron chi connectivity index (χ0n) is 18.9. The van der Waals surface area contributed by atoms with Crippen LogP contribution >= 0.6 is 11.8 Å². The fraction of sp³-hybridized carbons (Fsp3) is 0.864. The molecule has 0 aromatic rings. The van der Waals surface area contributed by atoms with Crippen molar-refractivity contribution < 1.29 is 24.2 Å². The number of amides is 2. The molecule has 2 bridgehead atoms. The monoisotopic (exact) mass is 440 g/mol. The third-order valence-corrected chi connectivity index (χ3v) is 9.27.